The number of quaternary nitrogens is 1. The van der Waals surface area contributed by atoms with Gasteiger partial charge in [0.25, 0.3) is 5.91 Å². The number of hydrogen-bond acceptors (Lipinski definition) is 3. The lowest BCUT2D eigenvalue weighted by Gasteiger charge is -2.35. The summed E-state index contributed by atoms with van der Waals surface area (Å²) in [4.78, 5) is 30.2. The van der Waals surface area contributed by atoms with Gasteiger partial charge in [-0.15, -0.1) is 0 Å². The number of carbonyl (C=O) groups excluding carboxylic acids is 2. The first-order chi connectivity index (χ1) is 13.5. The molecule has 0 aliphatic carbocycles. The topological polar surface area (TPSA) is 45.1 Å². The quantitative estimate of drug-likeness (QED) is 0.772. The van der Waals surface area contributed by atoms with Gasteiger partial charge in [-0.1, -0.05) is 41.4 Å². The molecule has 0 radical (unpaired) electrons. The van der Waals surface area contributed by atoms with Gasteiger partial charge in [0.05, 0.1) is 39.1 Å². The van der Waals surface area contributed by atoms with Crippen molar-refractivity contribution in [2.24, 2.45) is 0 Å². The molecule has 2 aliphatic heterocycles. The number of anilines is 1. The summed E-state index contributed by atoms with van der Waals surface area (Å²) in [7, 11) is 0. The number of imide groups is 1. The van der Waals surface area contributed by atoms with Gasteiger partial charge < -0.3 is 9.80 Å². The van der Waals surface area contributed by atoms with Crippen LogP contribution in [0.1, 0.15) is 12.0 Å². The highest BCUT2D eigenvalue weighted by molar-refractivity contribution is 6.31. The Balaban J connectivity index is 1.38. The fraction of sp³-hybridized carbons (Fsp3) is 0.333. The van der Waals surface area contributed by atoms with Crippen molar-refractivity contribution in [2.75, 3.05) is 31.1 Å². The summed E-state index contributed by atoms with van der Waals surface area (Å²) in [6.45, 7) is 3.64. The summed E-state index contributed by atoms with van der Waals surface area (Å²) in [6, 6.07) is 14.8. The minimum atomic E-state index is -0.277. The molecule has 0 aromatic heterocycles. The fourth-order valence-corrected chi connectivity index (χ4v) is 4.32. The van der Waals surface area contributed by atoms with E-state index in [9.17, 15) is 9.59 Å². The average Bonchev–Trinajstić information content (AvgIpc) is 2.98. The van der Waals surface area contributed by atoms with Crippen LogP contribution in [0.3, 0.4) is 0 Å². The minimum Gasteiger partial charge on any atom is -0.360 e. The van der Waals surface area contributed by atoms with Crippen LogP contribution in [0, 0.1) is 0 Å². The van der Waals surface area contributed by atoms with E-state index in [4.69, 9.17) is 23.2 Å². The minimum absolute atomic E-state index is 0.0637. The number of carbonyl (C=O) groups is 2. The third-order valence-corrected chi connectivity index (χ3v) is 6.06. The zero-order valence-corrected chi connectivity index (χ0v) is 16.9. The van der Waals surface area contributed by atoms with Crippen molar-refractivity contribution in [1.29, 1.82) is 0 Å². The Bertz CT molecular complexity index is 879. The predicted molar refractivity (Wildman–Crippen MR) is 110 cm³/mol. The Morgan fingerprint density at radius 1 is 0.964 bits per heavy atom. The van der Waals surface area contributed by atoms with Crippen LogP contribution in [-0.4, -0.2) is 48.9 Å². The second kappa shape index (κ2) is 8.11. The largest absolute Gasteiger partial charge is 0.360 e. The third-order valence-electron chi connectivity index (χ3n) is 5.57. The van der Waals surface area contributed by atoms with Gasteiger partial charge in [0.1, 0.15) is 0 Å². The van der Waals surface area contributed by atoms with E-state index in [1.807, 2.05) is 30.3 Å². The Hall–Kier alpha value is -2.08. The van der Waals surface area contributed by atoms with Crippen LogP contribution < -0.4 is 9.80 Å². The molecule has 28 heavy (non-hydrogen) atoms. The van der Waals surface area contributed by atoms with Gasteiger partial charge in [-0.05, 0) is 35.9 Å². The van der Waals surface area contributed by atoms with Crippen molar-refractivity contribution < 1.29 is 14.5 Å². The molecule has 7 heteroatoms. The number of hydrogen-bond donors (Lipinski definition) is 1. The van der Waals surface area contributed by atoms with Crippen molar-refractivity contribution in [3.63, 3.8) is 0 Å². The van der Waals surface area contributed by atoms with Gasteiger partial charge in [0.15, 0.2) is 6.04 Å². The van der Waals surface area contributed by atoms with Crippen LogP contribution in [0.2, 0.25) is 10.0 Å². The van der Waals surface area contributed by atoms with Crippen molar-refractivity contribution in [1.82, 2.24) is 4.90 Å². The number of rotatable bonds is 4. The first kappa shape index (κ1) is 19.2. The van der Waals surface area contributed by atoms with Crippen LogP contribution >= 0.6 is 23.2 Å². The maximum atomic E-state index is 12.9. The van der Waals surface area contributed by atoms with E-state index in [1.54, 1.807) is 12.1 Å². The predicted octanol–water partition coefficient (Wildman–Crippen LogP) is 2.03. The maximum absolute atomic E-state index is 12.9. The van der Waals surface area contributed by atoms with Gasteiger partial charge in [0, 0.05) is 15.7 Å². The average molecular weight is 419 g/mol. The highest BCUT2D eigenvalue weighted by Gasteiger charge is 2.45. The van der Waals surface area contributed by atoms with Crippen LogP contribution in [0.5, 0.6) is 0 Å². The van der Waals surface area contributed by atoms with Crippen molar-refractivity contribution in [2.45, 2.75) is 19.0 Å². The van der Waals surface area contributed by atoms with E-state index in [0.29, 0.717) is 18.0 Å². The van der Waals surface area contributed by atoms with E-state index in [0.717, 1.165) is 42.5 Å². The number of piperazine rings is 1. The summed E-state index contributed by atoms with van der Waals surface area (Å²) in [5, 5.41) is 1.37. The number of nitrogens with one attached hydrogen (secondary N) is 1. The van der Waals surface area contributed by atoms with Gasteiger partial charge in [-0.25, -0.2) is 0 Å². The third kappa shape index (κ3) is 4.02. The molecule has 0 spiro atoms. The molecule has 0 saturated carbocycles. The highest BCUT2D eigenvalue weighted by Crippen LogP contribution is 2.20. The molecule has 0 bridgehead atoms. The molecule has 2 aliphatic rings. The first-order valence-electron chi connectivity index (χ1n) is 9.45. The fourth-order valence-electron chi connectivity index (χ4n) is 4.01. The van der Waals surface area contributed by atoms with Crippen molar-refractivity contribution in [3.8, 4) is 0 Å². The van der Waals surface area contributed by atoms with Crippen molar-refractivity contribution >= 4 is 40.7 Å². The molecule has 2 aromatic rings. The monoisotopic (exact) mass is 418 g/mol. The summed E-state index contributed by atoms with van der Waals surface area (Å²) in [5.74, 6) is -0.152. The summed E-state index contributed by atoms with van der Waals surface area (Å²) in [5.41, 5.74) is 2.01. The van der Waals surface area contributed by atoms with E-state index < -0.39 is 0 Å². The first-order valence-corrected chi connectivity index (χ1v) is 10.2. The molecule has 5 nitrogen and oxygen atoms in total. The van der Waals surface area contributed by atoms with Gasteiger partial charge in [-0.2, -0.15) is 0 Å². The number of nitrogens with zero attached hydrogens (tertiary/aromatic N) is 2. The second-order valence-corrected chi connectivity index (χ2v) is 8.20. The van der Waals surface area contributed by atoms with Crippen LogP contribution in [0.4, 0.5) is 5.69 Å². The molecule has 2 fully saturated rings. The molecule has 2 amide bonds. The van der Waals surface area contributed by atoms with E-state index in [1.165, 1.54) is 9.80 Å². The van der Waals surface area contributed by atoms with Crippen LogP contribution in [-0.2, 0) is 16.1 Å². The molecule has 1 atom stereocenters. The molecule has 4 rings (SSSR count). The smallest absolute Gasteiger partial charge is 0.288 e. The van der Waals surface area contributed by atoms with Crippen molar-refractivity contribution in [3.05, 3.63) is 64.1 Å². The Kier molecular flexibility index (Phi) is 5.58. The molecule has 2 heterocycles. The summed E-state index contributed by atoms with van der Waals surface area (Å²) < 4.78 is 0. The Morgan fingerprint density at radius 2 is 1.68 bits per heavy atom. The zero-order valence-electron chi connectivity index (χ0n) is 15.4. The number of halogens is 2. The molecule has 0 unspecified atom stereocenters. The maximum Gasteiger partial charge on any atom is 0.288 e. The second-order valence-electron chi connectivity index (χ2n) is 7.33. The highest BCUT2D eigenvalue weighted by atomic mass is 35.5. The number of likely N-dealkylation sites (tertiary alicyclic amines) is 1. The van der Waals surface area contributed by atoms with Gasteiger partial charge in [-0.3, -0.25) is 14.5 Å². The molecular weight excluding hydrogens is 397 g/mol. The van der Waals surface area contributed by atoms with Gasteiger partial charge >= 0.3 is 0 Å². The van der Waals surface area contributed by atoms with E-state index in [-0.39, 0.29) is 17.9 Å². The lowest BCUT2D eigenvalue weighted by molar-refractivity contribution is -0.915. The number of benzene rings is 2. The normalized spacial score (nSPS) is 20.9. The SMILES string of the molecule is O=C1C[C@@H]([NH+]2CCN(c3cccc(Cl)c3)CC2)C(=O)N1Cc1ccc(Cl)cc1. The van der Waals surface area contributed by atoms with E-state index in [2.05, 4.69) is 11.0 Å². The molecule has 2 saturated heterocycles. The molecule has 2 aromatic carbocycles. The standard InChI is InChI=1S/C21H21Cl2N3O2/c22-16-6-4-15(5-7-16)14-26-20(27)13-19(21(26)28)25-10-8-24(9-11-25)18-3-1-2-17(23)12-18/h1-7,12,19H,8-11,13-14H2/p+1/t19-/m1/s1. The van der Waals surface area contributed by atoms with Crippen LogP contribution in [0.15, 0.2) is 48.5 Å². The number of amides is 2. The van der Waals surface area contributed by atoms with E-state index >= 15 is 0 Å². The summed E-state index contributed by atoms with van der Waals surface area (Å²) in [6.07, 6.45) is 0.291. The lowest BCUT2D eigenvalue weighted by Crippen LogP contribution is -3.19. The molecule has 1 N–H and O–H groups in total. The Labute approximate surface area is 174 Å². The summed E-state index contributed by atoms with van der Waals surface area (Å²) >= 11 is 12.0. The van der Waals surface area contributed by atoms with Gasteiger partial charge in [0.2, 0.25) is 5.91 Å². The zero-order chi connectivity index (χ0) is 19.7. The lowest BCUT2D eigenvalue weighted by atomic mass is 10.1. The van der Waals surface area contributed by atoms with Crippen LogP contribution in [0.25, 0.3) is 0 Å². The molecular formula is C21H22Cl2N3O2+. The molecule has 146 valence electrons. The Morgan fingerprint density at radius 3 is 2.36 bits per heavy atom.